The fraction of sp³-hybridized carbons (Fsp3) is 0.733. The Kier molecular flexibility index (Phi) is 7.32. The molecule has 1 aliphatic rings. The third kappa shape index (κ3) is 6.14. The molecule has 8 heteroatoms. The van der Waals surface area contributed by atoms with Crippen LogP contribution in [0.5, 0.6) is 0 Å². The third-order valence-electron chi connectivity index (χ3n) is 3.78. The third-order valence-corrected chi connectivity index (χ3v) is 3.78. The Balaban J connectivity index is 2.71. The Morgan fingerprint density at radius 2 is 1.83 bits per heavy atom. The normalized spacial score (nSPS) is 20.6. The zero-order valence-electron chi connectivity index (χ0n) is 14.3. The van der Waals surface area contributed by atoms with Gasteiger partial charge >= 0.3 is 0 Å². The van der Waals surface area contributed by atoms with Crippen LogP contribution >= 0.6 is 0 Å². The van der Waals surface area contributed by atoms with E-state index in [0.717, 1.165) is 19.3 Å². The molecular formula is C15H26N6O2. The highest BCUT2D eigenvalue weighted by atomic mass is 16.2. The topological polar surface area (TPSA) is 101 Å². The lowest BCUT2D eigenvalue weighted by atomic mass is 10.1. The molecule has 0 aromatic carbocycles. The van der Waals surface area contributed by atoms with E-state index < -0.39 is 0 Å². The van der Waals surface area contributed by atoms with Crippen LogP contribution in [0.15, 0.2) is 4.99 Å². The number of carbonyl (C=O) groups is 2. The van der Waals surface area contributed by atoms with Gasteiger partial charge in [0.2, 0.25) is 11.8 Å². The van der Waals surface area contributed by atoms with E-state index in [-0.39, 0.29) is 36.9 Å². The van der Waals surface area contributed by atoms with Gasteiger partial charge in [-0.05, 0) is 19.3 Å². The van der Waals surface area contributed by atoms with Gasteiger partial charge in [-0.25, -0.2) is 4.99 Å². The van der Waals surface area contributed by atoms with E-state index in [0.29, 0.717) is 5.96 Å². The first-order chi connectivity index (χ1) is 10.8. The van der Waals surface area contributed by atoms with Crippen LogP contribution in [-0.4, -0.2) is 74.9 Å². The summed E-state index contributed by atoms with van der Waals surface area (Å²) in [6, 6.07) is 2.29. The van der Waals surface area contributed by atoms with Crippen molar-refractivity contribution in [3.63, 3.8) is 0 Å². The minimum absolute atomic E-state index is 0.00448. The molecule has 0 saturated heterocycles. The minimum Gasteiger partial charge on any atom is -0.352 e. The molecule has 1 fully saturated rings. The van der Waals surface area contributed by atoms with Crippen molar-refractivity contribution in [2.45, 2.75) is 25.3 Å². The van der Waals surface area contributed by atoms with Crippen LogP contribution in [-0.2, 0) is 9.59 Å². The molecule has 0 spiro atoms. The van der Waals surface area contributed by atoms with Crippen LogP contribution in [0.1, 0.15) is 19.3 Å². The number of hydrogen-bond acceptors (Lipinski definition) is 4. The largest absolute Gasteiger partial charge is 0.352 e. The second-order valence-electron chi connectivity index (χ2n) is 6.01. The molecule has 2 amide bonds. The summed E-state index contributed by atoms with van der Waals surface area (Å²) in [6.45, 7) is 0.0708. The van der Waals surface area contributed by atoms with E-state index in [9.17, 15) is 9.59 Å². The number of nitrogens with zero attached hydrogens (tertiary/aromatic N) is 4. The van der Waals surface area contributed by atoms with Crippen LogP contribution in [0.25, 0.3) is 0 Å². The lowest BCUT2D eigenvalue weighted by molar-refractivity contribution is -0.127. The molecule has 2 N–H and O–H groups in total. The van der Waals surface area contributed by atoms with Gasteiger partial charge in [-0.15, -0.1) is 0 Å². The number of amides is 2. The Morgan fingerprint density at radius 1 is 1.17 bits per heavy atom. The van der Waals surface area contributed by atoms with Crippen molar-refractivity contribution in [3.05, 3.63) is 0 Å². The van der Waals surface area contributed by atoms with E-state index in [1.807, 2.05) is 0 Å². The smallest absolute Gasteiger partial charge is 0.243 e. The van der Waals surface area contributed by atoms with Crippen LogP contribution in [0.3, 0.4) is 0 Å². The summed E-state index contributed by atoms with van der Waals surface area (Å²) in [5.74, 6) is 0.0913. The Morgan fingerprint density at radius 3 is 2.39 bits per heavy atom. The van der Waals surface area contributed by atoms with Gasteiger partial charge in [0, 0.05) is 34.2 Å². The summed E-state index contributed by atoms with van der Waals surface area (Å²) in [7, 11) is 6.67. The second-order valence-corrected chi connectivity index (χ2v) is 6.01. The number of hydrogen-bond donors (Lipinski definition) is 2. The summed E-state index contributed by atoms with van der Waals surface area (Å²) >= 11 is 0. The molecule has 2 atom stereocenters. The zero-order valence-corrected chi connectivity index (χ0v) is 14.3. The number of nitrogens with one attached hydrogen (secondary N) is 2. The van der Waals surface area contributed by atoms with Crippen LogP contribution in [0, 0.1) is 17.2 Å². The average Bonchev–Trinajstić information content (AvgIpc) is 2.95. The van der Waals surface area contributed by atoms with Crippen LogP contribution < -0.4 is 10.6 Å². The molecule has 1 aliphatic carbocycles. The molecule has 0 aromatic rings. The fourth-order valence-corrected chi connectivity index (χ4v) is 2.22. The highest BCUT2D eigenvalue weighted by Gasteiger charge is 2.28. The van der Waals surface area contributed by atoms with Gasteiger partial charge in [0.05, 0.1) is 18.5 Å². The number of carbonyl (C=O) groups excluding carboxylic acids is 2. The van der Waals surface area contributed by atoms with Crippen molar-refractivity contribution in [2.75, 3.05) is 41.3 Å². The SMILES string of the molecule is CN(C)C(=O)CN=C(NCC(=O)N(C)C)NC1CCCC1C#N. The first kappa shape index (κ1) is 18.7. The summed E-state index contributed by atoms with van der Waals surface area (Å²) in [6.07, 6.45) is 2.72. The lowest BCUT2D eigenvalue weighted by Gasteiger charge is -2.20. The molecule has 0 bridgehead atoms. The highest BCUT2D eigenvalue weighted by molar-refractivity contribution is 5.88. The lowest BCUT2D eigenvalue weighted by Crippen LogP contribution is -2.48. The van der Waals surface area contributed by atoms with Gasteiger partial charge in [-0.2, -0.15) is 5.26 Å². The Labute approximate surface area is 137 Å². The molecule has 0 radical (unpaired) electrons. The number of likely N-dealkylation sites (N-methyl/N-ethyl adjacent to an activating group) is 2. The molecule has 128 valence electrons. The van der Waals surface area contributed by atoms with E-state index in [2.05, 4.69) is 21.7 Å². The van der Waals surface area contributed by atoms with E-state index in [4.69, 9.17) is 5.26 Å². The van der Waals surface area contributed by atoms with Crippen molar-refractivity contribution in [1.29, 1.82) is 5.26 Å². The van der Waals surface area contributed by atoms with Gasteiger partial charge in [0.15, 0.2) is 5.96 Å². The Hall–Kier alpha value is -2.30. The van der Waals surface area contributed by atoms with Crippen molar-refractivity contribution >= 4 is 17.8 Å². The van der Waals surface area contributed by atoms with Crippen molar-refractivity contribution in [1.82, 2.24) is 20.4 Å². The van der Waals surface area contributed by atoms with Crippen LogP contribution in [0.2, 0.25) is 0 Å². The molecule has 0 heterocycles. The van der Waals surface area contributed by atoms with Gasteiger partial charge in [-0.3, -0.25) is 9.59 Å². The number of rotatable bonds is 5. The summed E-state index contributed by atoms with van der Waals surface area (Å²) in [5, 5.41) is 15.3. The maximum Gasteiger partial charge on any atom is 0.243 e. The first-order valence-electron chi connectivity index (χ1n) is 7.70. The average molecular weight is 322 g/mol. The molecule has 0 aliphatic heterocycles. The Bertz CT molecular complexity index is 495. The molecule has 1 rings (SSSR count). The van der Waals surface area contributed by atoms with Crippen molar-refractivity contribution in [2.24, 2.45) is 10.9 Å². The fourth-order valence-electron chi connectivity index (χ4n) is 2.22. The maximum absolute atomic E-state index is 11.7. The van der Waals surface area contributed by atoms with Crippen LogP contribution in [0.4, 0.5) is 0 Å². The molecule has 23 heavy (non-hydrogen) atoms. The minimum atomic E-state index is -0.131. The molecular weight excluding hydrogens is 296 g/mol. The van der Waals surface area contributed by atoms with E-state index in [1.165, 1.54) is 9.80 Å². The number of nitriles is 1. The van der Waals surface area contributed by atoms with Gasteiger partial charge < -0.3 is 20.4 Å². The number of guanidine groups is 1. The summed E-state index contributed by atoms with van der Waals surface area (Å²) in [4.78, 5) is 30.6. The predicted octanol–water partition coefficient (Wildman–Crippen LogP) is -0.610. The number of aliphatic imine (C=N–C) groups is 1. The summed E-state index contributed by atoms with van der Waals surface area (Å²) < 4.78 is 0. The molecule has 2 unspecified atom stereocenters. The van der Waals surface area contributed by atoms with Crippen molar-refractivity contribution in [3.8, 4) is 6.07 Å². The predicted molar refractivity (Wildman–Crippen MR) is 87.6 cm³/mol. The highest BCUT2D eigenvalue weighted by Crippen LogP contribution is 2.24. The van der Waals surface area contributed by atoms with E-state index in [1.54, 1.807) is 28.2 Å². The molecule has 8 nitrogen and oxygen atoms in total. The standard InChI is InChI=1S/C15H26N6O2/c1-20(2)13(22)9-17-15(18-10-14(23)21(3)4)19-12-7-5-6-11(12)8-16/h11-12H,5-7,9-10H2,1-4H3,(H2,17,18,19). The second kappa shape index (κ2) is 8.98. The van der Waals surface area contributed by atoms with Gasteiger partial charge in [0.1, 0.15) is 6.54 Å². The van der Waals surface area contributed by atoms with Crippen molar-refractivity contribution < 1.29 is 9.59 Å². The summed E-state index contributed by atoms with van der Waals surface area (Å²) in [5.41, 5.74) is 0. The van der Waals surface area contributed by atoms with E-state index >= 15 is 0 Å². The molecule has 1 saturated carbocycles. The van der Waals surface area contributed by atoms with Gasteiger partial charge in [-0.1, -0.05) is 0 Å². The quantitative estimate of drug-likeness (QED) is 0.519. The van der Waals surface area contributed by atoms with Gasteiger partial charge in [0.25, 0.3) is 0 Å². The first-order valence-corrected chi connectivity index (χ1v) is 7.70. The maximum atomic E-state index is 11.7. The monoisotopic (exact) mass is 322 g/mol. The molecule has 0 aromatic heterocycles. The zero-order chi connectivity index (χ0) is 17.4.